The molecule has 2 heteroatoms. The summed E-state index contributed by atoms with van der Waals surface area (Å²) in [5.74, 6) is 1.89. The van der Waals surface area contributed by atoms with Gasteiger partial charge in [-0.3, -0.25) is 0 Å². The third-order valence-corrected chi connectivity index (χ3v) is 3.23. The lowest BCUT2D eigenvalue weighted by Gasteiger charge is -2.34. The number of hydrogen-bond acceptors (Lipinski definition) is 2. The molecule has 2 rings (SSSR count). The molecule has 1 saturated heterocycles. The number of nitrogens with zero attached hydrogens (tertiary/aromatic N) is 1. The van der Waals surface area contributed by atoms with Gasteiger partial charge in [0.05, 0.1) is 0 Å². The Kier molecular flexibility index (Phi) is 2.89. The van der Waals surface area contributed by atoms with Crippen LogP contribution in [0.4, 0.5) is 0 Å². The van der Waals surface area contributed by atoms with Crippen LogP contribution in [0.15, 0.2) is 0 Å². The van der Waals surface area contributed by atoms with Crippen molar-refractivity contribution in [1.82, 2.24) is 10.2 Å². The maximum Gasteiger partial charge on any atom is 0.0198 e. The SMILES string of the molecule is CC1CC(NCC2CC2)CN(C)C1. The van der Waals surface area contributed by atoms with Crippen LogP contribution in [0.5, 0.6) is 0 Å². The molecule has 76 valence electrons. The van der Waals surface area contributed by atoms with Crippen LogP contribution in [0.3, 0.4) is 0 Å². The fourth-order valence-corrected chi connectivity index (χ4v) is 2.42. The summed E-state index contributed by atoms with van der Waals surface area (Å²) in [4.78, 5) is 2.46. The molecule has 0 amide bonds. The maximum absolute atomic E-state index is 3.70. The topological polar surface area (TPSA) is 15.3 Å². The number of nitrogens with one attached hydrogen (secondary N) is 1. The monoisotopic (exact) mass is 182 g/mol. The Morgan fingerprint density at radius 3 is 2.69 bits per heavy atom. The van der Waals surface area contributed by atoms with E-state index in [0.717, 1.165) is 17.9 Å². The van der Waals surface area contributed by atoms with Crippen molar-refractivity contribution >= 4 is 0 Å². The van der Waals surface area contributed by atoms with Crippen LogP contribution in [-0.4, -0.2) is 37.6 Å². The van der Waals surface area contributed by atoms with E-state index in [-0.39, 0.29) is 0 Å². The molecule has 1 aliphatic heterocycles. The second-order valence-corrected chi connectivity index (χ2v) is 5.11. The van der Waals surface area contributed by atoms with Gasteiger partial charge in [0.15, 0.2) is 0 Å². The first-order chi connectivity index (χ1) is 6.24. The van der Waals surface area contributed by atoms with Gasteiger partial charge in [0, 0.05) is 19.1 Å². The van der Waals surface area contributed by atoms with Gasteiger partial charge in [-0.05, 0) is 44.7 Å². The van der Waals surface area contributed by atoms with Crippen LogP contribution in [-0.2, 0) is 0 Å². The maximum atomic E-state index is 3.70. The third-order valence-electron chi connectivity index (χ3n) is 3.23. The normalized spacial score (nSPS) is 36.5. The zero-order chi connectivity index (χ0) is 9.26. The summed E-state index contributed by atoms with van der Waals surface area (Å²) in [6.07, 6.45) is 4.30. The van der Waals surface area contributed by atoms with E-state index in [2.05, 4.69) is 24.2 Å². The summed E-state index contributed by atoms with van der Waals surface area (Å²) in [6.45, 7) is 6.16. The van der Waals surface area contributed by atoms with Crippen LogP contribution in [0.25, 0.3) is 0 Å². The molecule has 0 aromatic carbocycles. The molecule has 0 spiro atoms. The Balaban J connectivity index is 1.70. The second-order valence-electron chi connectivity index (χ2n) is 5.11. The third kappa shape index (κ3) is 2.96. The van der Waals surface area contributed by atoms with Crippen molar-refractivity contribution in [3.63, 3.8) is 0 Å². The molecule has 1 N–H and O–H groups in total. The van der Waals surface area contributed by atoms with Gasteiger partial charge in [0.1, 0.15) is 0 Å². The first-order valence-corrected chi connectivity index (χ1v) is 5.66. The number of rotatable bonds is 3. The van der Waals surface area contributed by atoms with Crippen molar-refractivity contribution in [3.8, 4) is 0 Å². The summed E-state index contributed by atoms with van der Waals surface area (Å²) in [5, 5.41) is 3.70. The van der Waals surface area contributed by atoms with Crippen LogP contribution in [0.2, 0.25) is 0 Å². The van der Waals surface area contributed by atoms with E-state index in [1.807, 2.05) is 0 Å². The first-order valence-electron chi connectivity index (χ1n) is 5.66. The fourth-order valence-electron chi connectivity index (χ4n) is 2.42. The minimum absolute atomic E-state index is 0.759. The molecular formula is C11H22N2. The van der Waals surface area contributed by atoms with Crippen molar-refractivity contribution in [2.45, 2.75) is 32.2 Å². The standard InChI is InChI=1S/C11H22N2/c1-9-5-11(8-13(2)7-9)12-6-10-3-4-10/h9-12H,3-8H2,1-2H3. The molecule has 13 heavy (non-hydrogen) atoms. The number of hydrogen-bond donors (Lipinski definition) is 1. The Bertz CT molecular complexity index is 155. The Morgan fingerprint density at radius 2 is 2.08 bits per heavy atom. The largest absolute Gasteiger partial charge is 0.312 e. The summed E-state index contributed by atoms with van der Waals surface area (Å²) >= 11 is 0. The van der Waals surface area contributed by atoms with Crippen molar-refractivity contribution in [2.24, 2.45) is 11.8 Å². The molecule has 2 nitrogen and oxygen atoms in total. The van der Waals surface area contributed by atoms with E-state index < -0.39 is 0 Å². The van der Waals surface area contributed by atoms with Gasteiger partial charge in [0.2, 0.25) is 0 Å². The lowest BCUT2D eigenvalue weighted by Crippen LogP contribution is -2.47. The summed E-state index contributed by atoms with van der Waals surface area (Å²) in [6, 6.07) is 0.759. The fraction of sp³-hybridized carbons (Fsp3) is 1.00. The predicted octanol–water partition coefficient (Wildman–Crippen LogP) is 1.33. The first kappa shape index (κ1) is 9.47. The van der Waals surface area contributed by atoms with Gasteiger partial charge in [0.25, 0.3) is 0 Å². The van der Waals surface area contributed by atoms with Crippen LogP contribution in [0.1, 0.15) is 26.2 Å². The van der Waals surface area contributed by atoms with Gasteiger partial charge in [-0.2, -0.15) is 0 Å². The molecule has 2 fully saturated rings. The molecular weight excluding hydrogens is 160 g/mol. The minimum atomic E-state index is 0.759. The highest BCUT2D eigenvalue weighted by molar-refractivity contribution is 4.83. The average Bonchev–Trinajstić information content (AvgIpc) is 2.81. The number of piperidine rings is 1. The molecule has 1 aliphatic carbocycles. The van der Waals surface area contributed by atoms with Gasteiger partial charge in [-0.15, -0.1) is 0 Å². The van der Waals surface area contributed by atoms with E-state index >= 15 is 0 Å². The summed E-state index contributed by atoms with van der Waals surface area (Å²) in [5.41, 5.74) is 0. The highest BCUT2D eigenvalue weighted by atomic mass is 15.1. The molecule has 1 heterocycles. The number of likely N-dealkylation sites (tertiary alicyclic amines) is 1. The van der Waals surface area contributed by atoms with Crippen LogP contribution in [0, 0.1) is 11.8 Å². The Hall–Kier alpha value is -0.0800. The van der Waals surface area contributed by atoms with Gasteiger partial charge >= 0.3 is 0 Å². The van der Waals surface area contributed by atoms with Gasteiger partial charge < -0.3 is 10.2 Å². The minimum Gasteiger partial charge on any atom is -0.312 e. The number of likely N-dealkylation sites (N-methyl/N-ethyl adjacent to an activating group) is 1. The quantitative estimate of drug-likeness (QED) is 0.708. The summed E-state index contributed by atoms with van der Waals surface area (Å²) < 4.78 is 0. The molecule has 0 aromatic rings. The lowest BCUT2D eigenvalue weighted by atomic mass is 9.96. The zero-order valence-electron chi connectivity index (χ0n) is 8.92. The Morgan fingerprint density at radius 1 is 1.31 bits per heavy atom. The van der Waals surface area contributed by atoms with Crippen molar-refractivity contribution in [2.75, 3.05) is 26.7 Å². The highest BCUT2D eigenvalue weighted by Gasteiger charge is 2.25. The molecule has 2 unspecified atom stereocenters. The molecule has 1 saturated carbocycles. The van der Waals surface area contributed by atoms with Crippen LogP contribution < -0.4 is 5.32 Å². The van der Waals surface area contributed by atoms with Crippen LogP contribution >= 0.6 is 0 Å². The van der Waals surface area contributed by atoms with Crippen molar-refractivity contribution < 1.29 is 0 Å². The molecule has 0 aromatic heterocycles. The van der Waals surface area contributed by atoms with Crippen molar-refractivity contribution in [3.05, 3.63) is 0 Å². The molecule has 2 atom stereocenters. The molecule has 2 aliphatic rings. The Labute approximate surface area is 81.7 Å². The van der Waals surface area contributed by atoms with Gasteiger partial charge in [-0.1, -0.05) is 6.92 Å². The smallest absolute Gasteiger partial charge is 0.0198 e. The zero-order valence-corrected chi connectivity index (χ0v) is 8.92. The molecule has 0 radical (unpaired) electrons. The van der Waals surface area contributed by atoms with E-state index in [1.54, 1.807) is 0 Å². The molecule has 0 bridgehead atoms. The predicted molar refractivity (Wildman–Crippen MR) is 55.8 cm³/mol. The van der Waals surface area contributed by atoms with Gasteiger partial charge in [-0.25, -0.2) is 0 Å². The highest BCUT2D eigenvalue weighted by Crippen LogP contribution is 2.28. The lowest BCUT2D eigenvalue weighted by molar-refractivity contribution is 0.178. The van der Waals surface area contributed by atoms with E-state index in [4.69, 9.17) is 0 Å². The van der Waals surface area contributed by atoms with E-state index in [9.17, 15) is 0 Å². The van der Waals surface area contributed by atoms with E-state index in [0.29, 0.717) is 0 Å². The van der Waals surface area contributed by atoms with Crippen molar-refractivity contribution in [1.29, 1.82) is 0 Å². The average molecular weight is 182 g/mol. The second kappa shape index (κ2) is 3.97. The van der Waals surface area contributed by atoms with E-state index in [1.165, 1.54) is 38.9 Å². The summed E-state index contributed by atoms with van der Waals surface area (Å²) in [7, 11) is 2.24.